The zero-order chi connectivity index (χ0) is 25.8. The van der Waals surface area contributed by atoms with Crippen molar-refractivity contribution in [2.75, 3.05) is 19.8 Å². The quantitative estimate of drug-likeness (QED) is 0.346. The Balaban J connectivity index is 1.64. The highest BCUT2D eigenvalue weighted by molar-refractivity contribution is 6.31. The highest BCUT2D eigenvalue weighted by Gasteiger charge is 2.44. The van der Waals surface area contributed by atoms with Gasteiger partial charge < -0.3 is 39.7 Å². The first-order chi connectivity index (χ1) is 16.5. The third kappa shape index (κ3) is 7.62. The summed E-state index contributed by atoms with van der Waals surface area (Å²) in [7, 11) is 0. The van der Waals surface area contributed by atoms with E-state index < -0.39 is 43.2 Å². The average molecular weight is 511 g/mol. The third-order valence-electron chi connectivity index (χ3n) is 5.76. The highest BCUT2D eigenvalue weighted by atomic mass is 35.5. The molecule has 2 aromatic carbocycles. The van der Waals surface area contributed by atoms with Crippen molar-refractivity contribution in [3.8, 4) is 5.75 Å². The van der Waals surface area contributed by atoms with Crippen molar-refractivity contribution in [2.24, 2.45) is 0 Å². The second-order valence-corrected chi connectivity index (χ2v) is 10.2. The molecular weight excluding hydrogens is 476 g/mol. The molecule has 0 spiro atoms. The zero-order valence-electron chi connectivity index (χ0n) is 20.2. The Morgan fingerprint density at radius 3 is 2.29 bits per heavy atom. The maximum Gasteiger partial charge on any atom is 0.119 e. The molecular formula is C26H35ClO8. The van der Waals surface area contributed by atoms with E-state index in [1.165, 1.54) is 0 Å². The summed E-state index contributed by atoms with van der Waals surface area (Å²) in [4.78, 5) is 0. The first kappa shape index (κ1) is 27.8. The minimum Gasteiger partial charge on any atom is -0.491 e. The van der Waals surface area contributed by atoms with Gasteiger partial charge in [-0.3, -0.25) is 0 Å². The lowest BCUT2D eigenvalue weighted by molar-refractivity contribution is -0.231. The fraction of sp³-hybridized carbons (Fsp3) is 0.538. The predicted molar refractivity (Wildman–Crippen MR) is 131 cm³/mol. The predicted octanol–water partition coefficient (Wildman–Crippen LogP) is 2.00. The molecule has 9 heteroatoms. The minimum atomic E-state index is -1.45. The van der Waals surface area contributed by atoms with E-state index in [9.17, 15) is 25.5 Å². The Morgan fingerprint density at radius 2 is 1.66 bits per heavy atom. The van der Waals surface area contributed by atoms with E-state index >= 15 is 0 Å². The maximum absolute atomic E-state index is 10.4. The first-order valence-electron chi connectivity index (χ1n) is 11.6. The van der Waals surface area contributed by atoms with Gasteiger partial charge in [0.05, 0.1) is 18.8 Å². The van der Waals surface area contributed by atoms with Crippen LogP contribution in [0.25, 0.3) is 0 Å². The van der Waals surface area contributed by atoms with E-state index in [1.54, 1.807) is 18.2 Å². The fourth-order valence-corrected chi connectivity index (χ4v) is 3.98. The van der Waals surface area contributed by atoms with Gasteiger partial charge in [0.15, 0.2) is 0 Å². The molecule has 35 heavy (non-hydrogen) atoms. The van der Waals surface area contributed by atoms with Gasteiger partial charge in [-0.25, -0.2) is 0 Å². The number of aliphatic hydroxyl groups excluding tert-OH is 5. The monoisotopic (exact) mass is 510 g/mol. The van der Waals surface area contributed by atoms with Gasteiger partial charge >= 0.3 is 0 Å². The molecule has 194 valence electrons. The molecule has 0 saturated carbocycles. The van der Waals surface area contributed by atoms with Crippen LogP contribution in [0.3, 0.4) is 0 Å². The summed E-state index contributed by atoms with van der Waals surface area (Å²) >= 11 is 6.41. The Hall–Kier alpha value is -1.75. The number of hydrogen-bond donors (Lipinski definition) is 5. The van der Waals surface area contributed by atoms with Crippen molar-refractivity contribution >= 4 is 11.6 Å². The van der Waals surface area contributed by atoms with Gasteiger partial charge in [0.2, 0.25) is 0 Å². The molecule has 0 radical (unpaired) electrons. The van der Waals surface area contributed by atoms with Crippen molar-refractivity contribution in [1.29, 1.82) is 0 Å². The summed E-state index contributed by atoms with van der Waals surface area (Å²) in [6, 6.07) is 12.6. The number of aliphatic hydroxyl groups is 5. The molecule has 0 bridgehead atoms. The van der Waals surface area contributed by atoms with Crippen LogP contribution in [0.4, 0.5) is 0 Å². The lowest BCUT2D eigenvalue weighted by Crippen LogP contribution is -2.55. The SMILES string of the molecule is CC(C)(C)OC[C@H](O)COc1ccc(Cc2cc([C@@H]3O[C@H](CO)[C@@H](O)[C@H](O)[C@H]3O)ccc2Cl)cc1. The second-order valence-electron chi connectivity index (χ2n) is 9.81. The van der Waals surface area contributed by atoms with Crippen LogP contribution in [0.5, 0.6) is 5.75 Å². The number of halogens is 1. The molecule has 0 aliphatic carbocycles. The lowest BCUT2D eigenvalue weighted by Gasteiger charge is -2.40. The zero-order valence-corrected chi connectivity index (χ0v) is 20.9. The first-order valence-corrected chi connectivity index (χ1v) is 12.0. The molecule has 1 saturated heterocycles. The van der Waals surface area contributed by atoms with Gasteiger partial charge in [0.25, 0.3) is 0 Å². The van der Waals surface area contributed by atoms with Gasteiger partial charge in [-0.2, -0.15) is 0 Å². The van der Waals surface area contributed by atoms with Crippen molar-refractivity contribution < 1.29 is 39.7 Å². The molecule has 6 atom stereocenters. The van der Waals surface area contributed by atoms with Gasteiger partial charge in [0, 0.05) is 5.02 Å². The minimum absolute atomic E-state index is 0.113. The summed E-state index contributed by atoms with van der Waals surface area (Å²) in [6.07, 6.45) is -6.37. The van der Waals surface area contributed by atoms with Crippen LogP contribution < -0.4 is 4.74 Å². The van der Waals surface area contributed by atoms with E-state index in [4.69, 9.17) is 25.8 Å². The molecule has 1 aliphatic rings. The van der Waals surface area contributed by atoms with Crippen LogP contribution in [0, 0.1) is 0 Å². The largest absolute Gasteiger partial charge is 0.491 e. The molecule has 1 aliphatic heterocycles. The summed E-state index contributed by atoms with van der Waals surface area (Å²) in [5.41, 5.74) is 1.99. The number of benzene rings is 2. The van der Waals surface area contributed by atoms with Gasteiger partial charge in [-0.05, 0) is 62.1 Å². The molecule has 0 unspecified atom stereocenters. The van der Waals surface area contributed by atoms with Gasteiger partial charge in [0.1, 0.15) is 49.0 Å². The molecule has 2 aromatic rings. The van der Waals surface area contributed by atoms with Crippen LogP contribution in [0.2, 0.25) is 5.02 Å². The molecule has 1 fully saturated rings. The smallest absolute Gasteiger partial charge is 0.119 e. The fourth-order valence-electron chi connectivity index (χ4n) is 3.79. The van der Waals surface area contributed by atoms with Gasteiger partial charge in [-0.1, -0.05) is 35.9 Å². The Bertz CT molecular complexity index is 943. The van der Waals surface area contributed by atoms with Crippen LogP contribution in [0.15, 0.2) is 42.5 Å². The van der Waals surface area contributed by atoms with Crippen LogP contribution in [0.1, 0.15) is 43.6 Å². The number of hydrogen-bond acceptors (Lipinski definition) is 8. The van der Waals surface area contributed by atoms with Gasteiger partial charge in [-0.15, -0.1) is 0 Å². The summed E-state index contributed by atoms with van der Waals surface area (Å²) in [6.45, 7) is 5.58. The van der Waals surface area contributed by atoms with Crippen molar-refractivity contribution in [3.05, 3.63) is 64.2 Å². The van der Waals surface area contributed by atoms with Crippen LogP contribution in [-0.4, -0.2) is 81.5 Å². The summed E-state index contributed by atoms with van der Waals surface area (Å²) in [5.74, 6) is 0.615. The molecule has 8 nitrogen and oxygen atoms in total. The molecule has 5 N–H and O–H groups in total. The van der Waals surface area contributed by atoms with Crippen LogP contribution >= 0.6 is 11.6 Å². The third-order valence-corrected chi connectivity index (χ3v) is 6.13. The van der Waals surface area contributed by atoms with E-state index in [0.29, 0.717) is 22.8 Å². The molecule has 0 aromatic heterocycles. The van der Waals surface area contributed by atoms with E-state index in [2.05, 4.69) is 0 Å². The Kier molecular flexibility index (Phi) is 9.53. The average Bonchev–Trinajstić information content (AvgIpc) is 2.82. The standard InChI is InChI=1S/C26H35ClO8/c1-26(2,3)34-14-18(29)13-33-19-7-4-15(5-8-19)10-17-11-16(6-9-20(17)27)25-24(32)23(31)22(30)21(12-28)35-25/h4-9,11,18,21-25,28-32H,10,12-14H2,1-3H3/t18-,21-,22-,23+,24-,25+/m1/s1. The molecule has 1 heterocycles. The number of rotatable bonds is 9. The lowest BCUT2D eigenvalue weighted by atomic mass is 9.90. The second kappa shape index (κ2) is 12.0. The molecule has 0 amide bonds. The summed E-state index contributed by atoms with van der Waals surface area (Å²) in [5, 5.41) is 50.6. The van der Waals surface area contributed by atoms with E-state index in [1.807, 2.05) is 45.0 Å². The topological polar surface area (TPSA) is 129 Å². The summed E-state index contributed by atoms with van der Waals surface area (Å²) < 4.78 is 16.9. The maximum atomic E-state index is 10.4. The Labute approximate surface area is 210 Å². The molecule has 3 rings (SSSR count). The normalized spacial score (nSPS) is 25.9. The van der Waals surface area contributed by atoms with Crippen molar-refractivity contribution in [3.63, 3.8) is 0 Å². The number of ether oxygens (including phenoxy) is 3. The Morgan fingerprint density at radius 1 is 0.971 bits per heavy atom. The van der Waals surface area contributed by atoms with E-state index in [-0.39, 0.29) is 18.8 Å². The highest BCUT2D eigenvalue weighted by Crippen LogP contribution is 2.34. The van der Waals surface area contributed by atoms with Crippen molar-refractivity contribution in [1.82, 2.24) is 0 Å². The van der Waals surface area contributed by atoms with Crippen LogP contribution in [-0.2, 0) is 15.9 Å². The van der Waals surface area contributed by atoms with Crippen molar-refractivity contribution in [2.45, 2.75) is 69.4 Å². The van der Waals surface area contributed by atoms with E-state index in [0.717, 1.165) is 11.1 Å².